The zero-order chi connectivity index (χ0) is 9.84. The van der Waals surface area contributed by atoms with Crippen molar-refractivity contribution in [1.82, 2.24) is 5.06 Å². The molecule has 0 radical (unpaired) electrons. The number of nitrogens with zero attached hydrogens (tertiary/aromatic N) is 1. The zero-order valence-electron chi connectivity index (χ0n) is 8.32. The molecular weight excluding hydrogens is 164 g/mol. The van der Waals surface area contributed by atoms with E-state index >= 15 is 0 Å². The molecule has 3 heteroatoms. The lowest BCUT2D eigenvalue weighted by Crippen LogP contribution is -2.20. The molecule has 0 saturated heterocycles. The summed E-state index contributed by atoms with van der Waals surface area (Å²) in [5, 5.41) is 1.80. The molecule has 3 nitrogen and oxygen atoms in total. The summed E-state index contributed by atoms with van der Waals surface area (Å²) >= 11 is 0. The van der Waals surface area contributed by atoms with E-state index in [1.54, 1.807) is 12.2 Å². The number of nitrogen functional groups attached to an aromatic ring is 1. The fourth-order valence-corrected chi connectivity index (χ4v) is 1.14. The Labute approximate surface area is 79.1 Å². The summed E-state index contributed by atoms with van der Waals surface area (Å²) in [5.41, 5.74) is 7.57. The van der Waals surface area contributed by atoms with Gasteiger partial charge in [0, 0.05) is 12.7 Å². The Morgan fingerprint density at radius 2 is 1.85 bits per heavy atom. The van der Waals surface area contributed by atoms with E-state index in [4.69, 9.17) is 10.6 Å². The predicted molar refractivity (Wildman–Crippen MR) is 54.0 cm³/mol. The van der Waals surface area contributed by atoms with Gasteiger partial charge < -0.3 is 10.6 Å². The average Bonchev–Trinajstić information content (AvgIpc) is 2.17. The molecule has 1 aromatic rings. The fraction of sp³-hybridized carbons (Fsp3) is 0.400. The number of nitrogens with two attached hydrogens (primary N) is 1. The molecule has 0 amide bonds. The standard InChI is InChI=1S/C10H16N2O/c1-8(12(2)13-3)9-4-6-10(11)7-5-9/h4-8H,11H2,1-3H3. The van der Waals surface area contributed by atoms with Gasteiger partial charge >= 0.3 is 0 Å². The van der Waals surface area contributed by atoms with Crippen LogP contribution >= 0.6 is 0 Å². The molecule has 0 bridgehead atoms. The second kappa shape index (κ2) is 4.25. The van der Waals surface area contributed by atoms with Crippen LogP contribution in [-0.2, 0) is 4.84 Å². The molecule has 1 aromatic carbocycles. The summed E-state index contributed by atoms with van der Waals surface area (Å²) in [6.07, 6.45) is 0. The van der Waals surface area contributed by atoms with Gasteiger partial charge in [0.25, 0.3) is 0 Å². The minimum absolute atomic E-state index is 0.241. The molecule has 0 aliphatic carbocycles. The number of hydrogen-bond donors (Lipinski definition) is 1. The van der Waals surface area contributed by atoms with Crippen molar-refractivity contribution >= 4 is 5.69 Å². The molecule has 1 rings (SSSR count). The molecule has 13 heavy (non-hydrogen) atoms. The lowest BCUT2D eigenvalue weighted by atomic mass is 10.1. The second-order valence-corrected chi connectivity index (χ2v) is 3.07. The van der Waals surface area contributed by atoms with Crippen LogP contribution in [0.25, 0.3) is 0 Å². The van der Waals surface area contributed by atoms with Gasteiger partial charge in [0.05, 0.1) is 13.2 Å². The third-order valence-corrected chi connectivity index (χ3v) is 2.25. The molecule has 0 aliphatic heterocycles. The summed E-state index contributed by atoms with van der Waals surface area (Å²) in [7, 11) is 3.56. The predicted octanol–water partition coefficient (Wildman–Crippen LogP) is 1.82. The van der Waals surface area contributed by atoms with Gasteiger partial charge in [0.1, 0.15) is 0 Å². The molecule has 1 atom stereocenters. The van der Waals surface area contributed by atoms with E-state index in [2.05, 4.69) is 6.92 Å². The van der Waals surface area contributed by atoms with Crippen molar-refractivity contribution in [3.8, 4) is 0 Å². The zero-order valence-corrected chi connectivity index (χ0v) is 8.32. The Morgan fingerprint density at radius 1 is 1.31 bits per heavy atom. The van der Waals surface area contributed by atoms with E-state index < -0.39 is 0 Å². The number of rotatable bonds is 3. The normalized spacial score (nSPS) is 13.2. The van der Waals surface area contributed by atoms with E-state index in [9.17, 15) is 0 Å². The Morgan fingerprint density at radius 3 is 2.31 bits per heavy atom. The van der Waals surface area contributed by atoms with Crippen LogP contribution in [0.2, 0.25) is 0 Å². The lowest BCUT2D eigenvalue weighted by molar-refractivity contribution is -0.137. The van der Waals surface area contributed by atoms with Crippen LogP contribution < -0.4 is 5.73 Å². The van der Waals surface area contributed by atoms with Gasteiger partial charge in [-0.1, -0.05) is 12.1 Å². The van der Waals surface area contributed by atoms with Crippen LogP contribution in [0.15, 0.2) is 24.3 Å². The maximum atomic E-state index is 5.59. The van der Waals surface area contributed by atoms with Gasteiger partial charge in [-0.2, -0.15) is 5.06 Å². The topological polar surface area (TPSA) is 38.5 Å². The molecular formula is C10H16N2O. The first kappa shape index (κ1) is 10.0. The van der Waals surface area contributed by atoms with E-state index in [0.29, 0.717) is 0 Å². The monoisotopic (exact) mass is 180 g/mol. The highest BCUT2D eigenvalue weighted by Crippen LogP contribution is 2.19. The van der Waals surface area contributed by atoms with Crippen molar-refractivity contribution in [3.05, 3.63) is 29.8 Å². The Kier molecular flexibility index (Phi) is 3.28. The summed E-state index contributed by atoms with van der Waals surface area (Å²) in [6.45, 7) is 2.08. The summed E-state index contributed by atoms with van der Waals surface area (Å²) in [6, 6.07) is 8.06. The van der Waals surface area contributed by atoms with E-state index in [-0.39, 0.29) is 6.04 Å². The SMILES string of the molecule is CON(C)C(C)c1ccc(N)cc1. The van der Waals surface area contributed by atoms with Gasteiger partial charge in [-0.3, -0.25) is 0 Å². The molecule has 0 saturated carbocycles. The summed E-state index contributed by atoms with van der Waals surface area (Å²) in [4.78, 5) is 5.10. The van der Waals surface area contributed by atoms with Gasteiger partial charge in [0.15, 0.2) is 0 Å². The first-order valence-corrected chi connectivity index (χ1v) is 4.27. The maximum absolute atomic E-state index is 5.59. The maximum Gasteiger partial charge on any atom is 0.0575 e. The van der Waals surface area contributed by atoms with Crippen molar-refractivity contribution in [3.63, 3.8) is 0 Å². The van der Waals surface area contributed by atoms with Gasteiger partial charge in [0.2, 0.25) is 0 Å². The molecule has 2 N–H and O–H groups in total. The minimum atomic E-state index is 0.241. The van der Waals surface area contributed by atoms with Crippen LogP contribution in [-0.4, -0.2) is 19.2 Å². The third kappa shape index (κ3) is 2.44. The quantitative estimate of drug-likeness (QED) is 0.569. The Bertz CT molecular complexity index is 258. The third-order valence-electron chi connectivity index (χ3n) is 2.25. The van der Waals surface area contributed by atoms with Crippen molar-refractivity contribution < 1.29 is 4.84 Å². The highest BCUT2D eigenvalue weighted by Gasteiger charge is 2.09. The van der Waals surface area contributed by atoms with Crippen LogP contribution in [0.4, 0.5) is 5.69 Å². The molecule has 1 unspecified atom stereocenters. The first-order valence-electron chi connectivity index (χ1n) is 4.27. The highest BCUT2D eigenvalue weighted by atomic mass is 16.7. The van der Waals surface area contributed by atoms with Crippen LogP contribution in [0, 0.1) is 0 Å². The molecule has 0 aromatic heterocycles. The first-order chi connectivity index (χ1) is 6.15. The number of hydrogen-bond acceptors (Lipinski definition) is 3. The molecule has 0 heterocycles. The Balaban J connectivity index is 2.77. The van der Waals surface area contributed by atoms with Crippen molar-refractivity contribution in [1.29, 1.82) is 0 Å². The van der Waals surface area contributed by atoms with Crippen LogP contribution in [0.3, 0.4) is 0 Å². The summed E-state index contributed by atoms with van der Waals surface area (Å²) < 4.78 is 0. The fourth-order valence-electron chi connectivity index (χ4n) is 1.14. The van der Waals surface area contributed by atoms with E-state index in [1.165, 1.54) is 5.56 Å². The highest BCUT2D eigenvalue weighted by molar-refractivity contribution is 5.39. The van der Waals surface area contributed by atoms with Crippen molar-refractivity contribution in [2.24, 2.45) is 0 Å². The molecule has 0 spiro atoms. The number of anilines is 1. The smallest absolute Gasteiger partial charge is 0.0575 e. The van der Waals surface area contributed by atoms with Crippen LogP contribution in [0.1, 0.15) is 18.5 Å². The molecule has 0 aliphatic rings. The largest absolute Gasteiger partial charge is 0.399 e. The number of hydroxylamine groups is 2. The molecule has 72 valence electrons. The molecule has 0 fully saturated rings. The average molecular weight is 180 g/mol. The van der Waals surface area contributed by atoms with Crippen molar-refractivity contribution in [2.45, 2.75) is 13.0 Å². The van der Waals surface area contributed by atoms with E-state index in [0.717, 1.165) is 5.69 Å². The lowest BCUT2D eigenvalue weighted by Gasteiger charge is -2.22. The summed E-state index contributed by atoms with van der Waals surface area (Å²) in [5.74, 6) is 0. The van der Waals surface area contributed by atoms with Gasteiger partial charge in [-0.15, -0.1) is 0 Å². The van der Waals surface area contributed by atoms with Crippen molar-refractivity contribution in [2.75, 3.05) is 19.9 Å². The Hall–Kier alpha value is -1.06. The van der Waals surface area contributed by atoms with Gasteiger partial charge in [-0.05, 0) is 24.6 Å². The minimum Gasteiger partial charge on any atom is -0.399 e. The van der Waals surface area contributed by atoms with Crippen LogP contribution in [0.5, 0.6) is 0 Å². The second-order valence-electron chi connectivity index (χ2n) is 3.07. The number of benzene rings is 1. The van der Waals surface area contributed by atoms with Gasteiger partial charge in [-0.25, -0.2) is 0 Å². The van der Waals surface area contributed by atoms with E-state index in [1.807, 2.05) is 31.3 Å².